The van der Waals surface area contributed by atoms with Gasteiger partial charge in [0.1, 0.15) is 5.82 Å². The minimum absolute atomic E-state index is 0.127. The molecule has 0 bridgehead atoms. The molecule has 0 aromatic heterocycles. The van der Waals surface area contributed by atoms with Crippen LogP contribution in [0.25, 0.3) is 0 Å². The monoisotopic (exact) mass is 277 g/mol. The van der Waals surface area contributed by atoms with Gasteiger partial charge in [-0.05, 0) is 67.8 Å². The van der Waals surface area contributed by atoms with Gasteiger partial charge in [-0.2, -0.15) is 0 Å². The Labute approximate surface area is 123 Å². The predicted octanol–water partition coefficient (Wildman–Crippen LogP) is 4.63. The van der Waals surface area contributed by atoms with Crippen LogP contribution in [0, 0.1) is 18.2 Å². The molecule has 2 rings (SSSR count). The molecule has 1 fully saturated rings. The van der Waals surface area contributed by atoms with Gasteiger partial charge in [0.15, 0.2) is 0 Å². The lowest BCUT2D eigenvalue weighted by molar-refractivity contribution is 0.186. The van der Waals surface area contributed by atoms with E-state index in [1.165, 1.54) is 37.7 Å². The molecule has 0 saturated heterocycles. The van der Waals surface area contributed by atoms with E-state index in [9.17, 15) is 4.39 Å². The fourth-order valence-corrected chi connectivity index (χ4v) is 3.89. The molecule has 0 spiro atoms. The molecule has 1 nitrogen and oxygen atoms in total. The van der Waals surface area contributed by atoms with Gasteiger partial charge in [0.25, 0.3) is 0 Å². The highest BCUT2D eigenvalue weighted by Gasteiger charge is 2.39. The Balaban J connectivity index is 2.20. The van der Waals surface area contributed by atoms with Crippen molar-refractivity contribution < 1.29 is 4.39 Å². The maximum absolute atomic E-state index is 13.3. The zero-order chi connectivity index (χ0) is 14.6. The van der Waals surface area contributed by atoms with E-state index in [4.69, 9.17) is 0 Å². The molecule has 0 amide bonds. The molecule has 1 aliphatic rings. The van der Waals surface area contributed by atoms with Crippen LogP contribution in [-0.2, 0) is 6.42 Å². The molecule has 2 heteroatoms. The Kier molecular flexibility index (Phi) is 5.20. The van der Waals surface area contributed by atoms with Crippen LogP contribution < -0.4 is 5.32 Å². The summed E-state index contributed by atoms with van der Waals surface area (Å²) in [5.74, 6) is -0.127. The number of halogens is 1. The van der Waals surface area contributed by atoms with Gasteiger partial charge in [-0.3, -0.25) is 0 Å². The normalized spacial score (nSPS) is 19.2. The van der Waals surface area contributed by atoms with Crippen LogP contribution in [0.5, 0.6) is 0 Å². The smallest absolute Gasteiger partial charge is 0.123 e. The van der Waals surface area contributed by atoms with Crippen LogP contribution in [0.2, 0.25) is 0 Å². The minimum atomic E-state index is -0.127. The van der Waals surface area contributed by atoms with Crippen LogP contribution in [0.15, 0.2) is 18.2 Å². The van der Waals surface area contributed by atoms with Crippen LogP contribution in [0.4, 0.5) is 4.39 Å². The summed E-state index contributed by atoms with van der Waals surface area (Å²) in [5.41, 5.74) is 2.81. The van der Waals surface area contributed by atoms with Crippen molar-refractivity contribution in [2.75, 3.05) is 6.54 Å². The third-order valence-electron chi connectivity index (χ3n) is 5.22. The molecule has 0 aliphatic heterocycles. The molecule has 0 radical (unpaired) electrons. The Morgan fingerprint density at radius 3 is 2.50 bits per heavy atom. The van der Waals surface area contributed by atoms with Gasteiger partial charge in [-0.15, -0.1) is 0 Å². The van der Waals surface area contributed by atoms with Crippen LogP contribution in [0.1, 0.15) is 57.1 Å². The van der Waals surface area contributed by atoms with Crippen molar-refractivity contribution >= 4 is 0 Å². The second kappa shape index (κ2) is 6.71. The first-order valence-electron chi connectivity index (χ1n) is 8.09. The lowest BCUT2D eigenvalue weighted by atomic mass is 9.73. The van der Waals surface area contributed by atoms with Crippen molar-refractivity contribution in [3.05, 3.63) is 35.1 Å². The summed E-state index contributed by atoms with van der Waals surface area (Å²) in [6.07, 6.45) is 7.65. The maximum Gasteiger partial charge on any atom is 0.123 e. The lowest BCUT2D eigenvalue weighted by Gasteiger charge is -2.38. The number of rotatable bonds is 6. The predicted molar refractivity (Wildman–Crippen MR) is 83.5 cm³/mol. The number of likely N-dealkylation sites (N-methyl/N-ethyl adjacent to an activating group) is 1. The molecule has 1 aromatic carbocycles. The third kappa shape index (κ3) is 3.22. The van der Waals surface area contributed by atoms with E-state index in [1.54, 1.807) is 12.1 Å². The molecule has 1 aliphatic carbocycles. The van der Waals surface area contributed by atoms with E-state index in [0.29, 0.717) is 11.5 Å². The van der Waals surface area contributed by atoms with Gasteiger partial charge in [0.2, 0.25) is 0 Å². The number of aryl methyl sites for hydroxylation is 1. The first kappa shape index (κ1) is 15.5. The molecule has 20 heavy (non-hydrogen) atoms. The second-order valence-electron chi connectivity index (χ2n) is 6.31. The van der Waals surface area contributed by atoms with Crippen LogP contribution in [-0.4, -0.2) is 12.6 Å². The van der Waals surface area contributed by atoms with Crippen molar-refractivity contribution in [3.63, 3.8) is 0 Å². The summed E-state index contributed by atoms with van der Waals surface area (Å²) in [7, 11) is 0. The Hall–Kier alpha value is -0.890. The Bertz CT molecular complexity index is 435. The molecule has 1 atom stereocenters. The molecule has 112 valence electrons. The van der Waals surface area contributed by atoms with Gasteiger partial charge in [0.05, 0.1) is 0 Å². The van der Waals surface area contributed by atoms with Crippen molar-refractivity contribution in [2.24, 2.45) is 5.41 Å². The standard InChI is InChI=1S/C18H28FN/c1-4-18(10-6-7-11-18)17(20-5-2)13-15-8-9-16(19)12-14(15)3/h8-9,12,17,20H,4-7,10-11,13H2,1-3H3. The third-order valence-corrected chi connectivity index (χ3v) is 5.22. The van der Waals surface area contributed by atoms with Gasteiger partial charge < -0.3 is 5.32 Å². The average Bonchev–Trinajstić information content (AvgIpc) is 2.91. The van der Waals surface area contributed by atoms with Crippen LogP contribution in [0.3, 0.4) is 0 Å². The zero-order valence-corrected chi connectivity index (χ0v) is 13.1. The molecule has 1 saturated carbocycles. The van der Waals surface area contributed by atoms with Gasteiger partial charge >= 0.3 is 0 Å². The zero-order valence-electron chi connectivity index (χ0n) is 13.1. The van der Waals surface area contributed by atoms with Crippen molar-refractivity contribution in [3.8, 4) is 0 Å². The quantitative estimate of drug-likeness (QED) is 0.799. The van der Waals surface area contributed by atoms with Crippen molar-refractivity contribution in [1.82, 2.24) is 5.32 Å². The topological polar surface area (TPSA) is 12.0 Å². The van der Waals surface area contributed by atoms with E-state index in [2.05, 4.69) is 19.2 Å². The van der Waals surface area contributed by atoms with Gasteiger partial charge in [-0.25, -0.2) is 4.39 Å². The van der Waals surface area contributed by atoms with Crippen molar-refractivity contribution in [1.29, 1.82) is 0 Å². The Morgan fingerprint density at radius 2 is 1.95 bits per heavy atom. The fraction of sp³-hybridized carbons (Fsp3) is 0.667. The molecular formula is C18H28FN. The van der Waals surface area contributed by atoms with Crippen LogP contribution >= 0.6 is 0 Å². The van der Waals surface area contributed by atoms with E-state index in [-0.39, 0.29) is 5.82 Å². The summed E-state index contributed by atoms with van der Waals surface area (Å²) in [6.45, 7) is 7.54. The number of hydrogen-bond donors (Lipinski definition) is 1. The maximum atomic E-state index is 13.3. The second-order valence-corrected chi connectivity index (χ2v) is 6.31. The Morgan fingerprint density at radius 1 is 1.25 bits per heavy atom. The molecular weight excluding hydrogens is 249 g/mol. The number of benzene rings is 1. The highest BCUT2D eigenvalue weighted by atomic mass is 19.1. The van der Waals surface area contributed by atoms with Crippen molar-refractivity contribution in [2.45, 2.75) is 65.3 Å². The summed E-state index contributed by atoms with van der Waals surface area (Å²) >= 11 is 0. The summed E-state index contributed by atoms with van der Waals surface area (Å²) in [4.78, 5) is 0. The summed E-state index contributed by atoms with van der Waals surface area (Å²) in [6, 6.07) is 5.74. The lowest BCUT2D eigenvalue weighted by Crippen LogP contribution is -2.45. The largest absolute Gasteiger partial charge is 0.313 e. The minimum Gasteiger partial charge on any atom is -0.313 e. The van der Waals surface area contributed by atoms with E-state index < -0.39 is 0 Å². The number of nitrogens with one attached hydrogen (secondary N) is 1. The highest BCUT2D eigenvalue weighted by molar-refractivity contribution is 5.28. The molecule has 1 N–H and O–H groups in total. The fourth-order valence-electron chi connectivity index (χ4n) is 3.89. The van der Waals surface area contributed by atoms with E-state index >= 15 is 0 Å². The first-order valence-corrected chi connectivity index (χ1v) is 8.09. The summed E-state index contributed by atoms with van der Waals surface area (Å²) in [5, 5.41) is 3.71. The molecule has 1 unspecified atom stereocenters. The van der Waals surface area contributed by atoms with E-state index in [0.717, 1.165) is 18.5 Å². The average molecular weight is 277 g/mol. The van der Waals surface area contributed by atoms with Gasteiger partial charge in [-0.1, -0.05) is 32.8 Å². The van der Waals surface area contributed by atoms with E-state index in [1.807, 2.05) is 13.0 Å². The highest BCUT2D eigenvalue weighted by Crippen LogP contribution is 2.44. The molecule has 1 aromatic rings. The number of hydrogen-bond acceptors (Lipinski definition) is 1. The van der Waals surface area contributed by atoms with Gasteiger partial charge in [0, 0.05) is 6.04 Å². The summed E-state index contributed by atoms with van der Waals surface area (Å²) < 4.78 is 13.3. The molecule has 0 heterocycles. The SMILES string of the molecule is CCNC(Cc1ccc(F)cc1C)C1(CC)CCCC1. The first-order chi connectivity index (χ1) is 9.61.